The minimum Gasteiger partial charge on any atom is -0.430 e. The van der Waals surface area contributed by atoms with Crippen molar-refractivity contribution >= 4 is 22.2 Å². The molecule has 6 heteroatoms. The van der Waals surface area contributed by atoms with Crippen LogP contribution in [0.1, 0.15) is 44.5 Å². The van der Waals surface area contributed by atoms with Crippen molar-refractivity contribution in [1.82, 2.24) is 14.5 Å². The smallest absolute Gasteiger partial charge is 0.296 e. The molecule has 0 fully saturated rings. The van der Waals surface area contributed by atoms with Crippen LogP contribution in [0.15, 0.2) is 15.5 Å². The second-order valence-corrected chi connectivity index (χ2v) is 7.96. The topological polar surface area (TPSA) is 70.2 Å². The van der Waals surface area contributed by atoms with Gasteiger partial charge in [-0.15, -0.1) is 0 Å². The first-order valence-corrected chi connectivity index (χ1v) is 8.69. The SMILES string of the molecule is CC(C)Cc1nc2oc3c(=O)n(C)cnc3c2c2c1COC(C)(C)C2. The van der Waals surface area contributed by atoms with Gasteiger partial charge in [-0.1, -0.05) is 13.8 Å². The van der Waals surface area contributed by atoms with Crippen LogP contribution in [-0.2, 0) is 31.2 Å². The molecule has 0 spiro atoms. The molecule has 132 valence electrons. The maximum absolute atomic E-state index is 12.4. The van der Waals surface area contributed by atoms with E-state index in [-0.39, 0.29) is 16.7 Å². The van der Waals surface area contributed by atoms with Crippen LogP contribution < -0.4 is 5.56 Å². The van der Waals surface area contributed by atoms with E-state index in [0.717, 1.165) is 35.0 Å². The molecule has 0 unspecified atom stereocenters. The Labute approximate surface area is 145 Å². The fourth-order valence-corrected chi connectivity index (χ4v) is 3.57. The lowest BCUT2D eigenvalue weighted by Crippen LogP contribution is -2.33. The molecule has 6 nitrogen and oxygen atoms in total. The number of pyridine rings is 1. The van der Waals surface area contributed by atoms with Gasteiger partial charge in [-0.25, -0.2) is 9.97 Å². The van der Waals surface area contributed by atoms with Gasteiger partial charge >= 0.3 is 0 Å². The average Bonchev–Trinajstić information content (AvgIpc) is 2.88. The van der Waals surface area contributed by atoms with E-state index in [1.807, 2.05) is 0 Å². The van der Waals surface area contributed by atoms with Gasteiger partial charge in [0.05, 0.1) is 29.6 Å². The third kappa shape index (κ3) is 2.56. The molecule has 0 aromatic carbocycles. The Morgan fingerprint density at radius 3 is 2.80 bits per heavy atom. The molecule has 1 aliphatic rings. The van der Waals surface area contributed by atoms with Crippen molar-refractivity contribution in [2.24, 2.45) is 13.0 Å². The van der Waals surface area contributed by atoms with Gasteiger partial charge in [0.25, 0.3) is 5.56 Å². The number of furan rings is 1. The summed E-state index contributed by atoms with van der Waals surface area (Å²) in [5, 5.41) is 0.867. The lowest BCUT2D eigenvalue weighted by Gasteiger charge is -2.33. The summed E-state index contributed by atoms with van der Waals surface area (Å²) in [6.07, 6.45) is 3.14. The molecule has 4 heterocycles. The number of rotatable bonds is 2. The molecule has 3 aromatic heterocycles. The summed E-state index contributed by atoms with van der Waals surface area (Å²) in [5.41, 5.74) is 4.24. The van der Waals surface area contributed by atoms with Crippen LogP contribution in [-0.4, -0.2) is 20.1 Å². The monoisotopic (exact) mass is 341 g/mol. The Bertz CT molecular complexity index is 1040. The van der Waals surface area contributed by atoms with Crippen LogP contribution in [0.25, 0.3) is 22.2 Å². The first-order valence-electron chi connectivity index (χ1n) is 8.69. The minimum absolute atomic E-state index is 0.187. The highest BCUT2D eigenvalue weighted by Crippen LogP contribution is 2.37. The van der Waals surface area contributed by atoms with Gasteiger partial charge in [0.1, 0.15) is 5.52 Å². The number of fused-ring (bicyclic) bond motifs is 5. The van der Waals surface area contributed by atoms with Crippen molar-refractivity contribution in [3.05, 3.63) is 33.5 Å². The van der Waals surface area contributed by atoms with E-state index >= 15 is 0 Å². The molecule has 0 N–H and O–H groups in total. The van der Waals surface area contributed by atoms with Gasteiger partial charge in [0.2, 0.25) is 11.3 Å². The highest BCUT2D eigenvalue weighted by Gasteiger charge is 2.32. The molecule has 0 bridgehead atoms. The Morgan fingerprint density at radius 2 is 2.08 bits per heavy atom. The van der Waals surface area contributed by atoms with Gasteiger partial charge in [0.15, 0.2) is 0 Å². The number of hydrogen-bond acceptors (Lipinski definition) is 5. The molecule has 0 amide bonds. The average molecular weight is 341 g/mol. The normalized spacial score (nSPS) is 16.7. The number of ether oxygens (including phenoxy) is 1. The predicted octanol–water partition coefficient (Wildman–Crippen LogP) is 3.12. The standard InChI is InChI=1S/C19H23N3O3/c1-10(2)6-13-12-8-24-19(3,4)7-11(12)14-15-16(25-17(14)21-13)18(23)22(5)9-20-15/h9-10H,6-8H2,1-5H3. The Morgan fingerprint density at radius 1 is 1.32 bits per heavy atom. The Balaban J connectivity index is 2.11. The summed E-state index contributed by atoms with van der Waals surface area (Å²) in [7, 11) is 1.67. The Kier molecular flexibility index (Phi) is 3.51. The molecule has 4 rings (SSSR count). The summed E-state index contributed by atoms with van der Waals surface area (Å²) < 4.78 is 13.3. The predicted molar refractivity (Wildman–Crippen MR) is 95.7 cm³/mol. The molecule has 25 heavy (non-hydrogen) atoms. The number of aromatic nitrogens is 3. The summed E-state index contributed by atoms with van der Waals surface area (Å²) in [6.45, 7) is 9.03. The van der Waals surface area contributed by atoms with Gasteiger partial charge in [0, 0.05) is 19.0 Å². The van der Waals surface area contributed by atoms with Gasteiger partial charge in [-0.2, -0.15) is 0 Å². The van der Waals surface area contributed by atoms with Crippen LogP contribution in [0.5, 0.6) is 0 Å². The molecule has 0 aliphatic carbocycles. The molecule has 0 radical (unpaired) electrons. The largest absolute Gasteiger partial charge is 0.430 e. The van der Waals surface area contributed by atoms with Gasteiger partial charge in [-0.05, 0) is 31.7 Å². The summed E-state index contributed by atoms with van der Waals surface area (Å²) in [5.74, 6) is 0.472. The van der Waals surface area contributed by atoms with Gasteiger partial charge < -0.3 is 9.15 Å². The maximum atomic E-state index is 12.4. The van der Waals surface area contributed by atoms with E-state index in [1.165, 1.54) is 4.57 Å². The van der Waals surface area contributed by atoms with E-state index in [4.69, 9.17) is 14.1 Å². The van der Waals surface area contributed by atoms with E-state index in [2.05, 4.69) is 32.7 Å². The van der Waals surface area contributed by atoms with Crippen molar-refractivity contribution in [3.63, 3.8) is 0 Å². The first-order chi connectivity index (χ1) is 11.8. The molecule has 0 saturated heterocycles. The maximum Gasteiger partial charge on any atom is 0.296 e. The molecular weight excluding hydrogens is 318 g/mol. The van der Waals surface area contributed by atoms with E-state index < -0.39 is 0 Å². The van der Waals surface area contributed by atoms with Crippen molar-refractivity contribution in [3.8, 4) is 0 Å². The molecular formula is C19H23N3O3. The number of hydrogen-bond donors (Lipinski definition) is 0. The van der Waals surface area contributed by atoms with Crippen molar-refractivity contribution in [1.29, 1.82) is 0 Å². The van der Waals surface area contributed by atoms with Crippen LogP contribution in [0.4, 0.5) is 0 Å². The first kappa shape index (κ1) is 16.3. The van der Waals surface area contributed by atoms with Crippen molar-refractivity contribution in [2.75, 3.05) is 0 Å². The quantitative estimate of drug-likeness (QED) is 0.716. The third-order valence-electron chi connectivity index (χ3n) is 4.80. The fourth-order valence-electron chi connectivity index (χ4n) is 3.57. The summed E-state index contributed by atoms with van der Waals surface area (Å²) in [6, 6.07) is 0. The van der Waals surface area contributed by atoms with Crippen LogP contribution in [0.3, 0.4) is 0 Å². The van der Waals surface area contributed by atoms with Crippen LogP contribution >= 0.6 is 0 Å². The highest BCUT2D eigenvalue weighted by atomic mass is 16.5. The zero-order chi connectivity index (χ0) is 17.9. The Hall–Kier alpha value is -2.21. The minimum atomic E-state index is -0.264. The second-order valence-electron chi connectivity index (χ2n) is 7.96. The number of nitrogens with zero attached hydrogens (tertiary/aromatic N) is 3. The fraction of sp³-hybridized carbons (Fsp3) is 0.526. The van der Waals surface area contributed by atoms with Gasteiger partial charge in [-0.3, -0.25) is 9.36 Å². The zero-order valence-corrected chi connectivity index (χ0v) is 15.3. The van der Waals surface area contributed by atoms with Crippen molar-refractivity contribution < 1.29 is 9.15 Å². The molecule has 1 aliphatic heterocycles. The molecule has 0 atom stereocenters. The van der Waals surface area contributed by atoms with E-state index in [9.17, 15) is 4.79 Å². The highest BCUT2D eigenvalue weighted by molar-refractivity contribution is 6.03. The summed E-state index contributed by atoms with van der Waals surface area (Å²) in [4.78, 5) is 21.6. The summed E-state index contributed by atoms with van der Waals surface area (Å²) >= 11 is 0. The second kappa shape index (κ2) is 5.39. The van der Waals surface area contributed by atoms with Crippen molar-refractivity contribution in [2.45, 2.75) is 52.7 Å². The number of aryl methyl sites for hydroxylation is 1. The molecule has 0 saturated carbocycles. The third-order valence-corrected chi connectivity index (χ3v) is 4.80. The zero-order valence-electron chi connectivity index (χ0n) is 15.3. The lowest BCUT2D eigenvalue weighted by molar-refractivity contribution is -0.0402. The lowest BCUT2D eigenvalue weighted by atomic mass is 9.88. The van der Waals surface area contributed by atoms with Crippen LogP contribution in [0.2, 0.25) is 0 Å². The van der Waals surface area contributed by atoms with E-state index in [0.29, 0.717) is 23.8 Å². The molecule has 3 aromatic rings. The van der Waals surface area contributed by atoms with E-state index in [1.54, 1.807) is 13.4 Å². The van der Waals surface area contributed by atoms with Crippen LogP contribution in [0, 0.1) is 5.92 Å².